The van der Waals surface area contributed by atoms with Gasteiger partial charge in [0.1, 0.15) is 5.54 Å². The van der Waals surface area contributed by atoms with Crippen LogP contribution in [0.4, 0.5) is 4.79 Å². The standard InChI is InChI=1S/C25H28Cl3N3O2/c1-2-3-12-29-24(33)31-25-11-10-19(18-9-8-17(27)13-21(18)28)22(20(25)14-30-23(25)32)15-4-6-16(26)7-5-15/h4-9,13,19-20,22H,2-3,10-12,14H2,1H3,(H,30,32)(H2,29,31,33)/t19-,20-,22-,25-/m0/s1. The van der Waals surface area contributed by atoms with Crippen LogP contribution in [0.3, 0.4) is 0 Å². The molecule has 5 nitrogen and oxygen atoms in total. The van der Waals surface area contributed by atoms with E-state index in [1.165, 1.54) is 0 Å². The molecule has 1 saturated carbocycles. The Labute approximate surface area is 209 Å². The van der Waals surface area contributed by atoms with Crippen molar-refractivity contribution >= 4 is 46.7 Å². The number of nitrogens with one attached hydrogen (secondary N) is 3. The van der Waals surface area contributed by atoms with Crippen LogP contribution in [0.2, 0.25) is 15.1 Å². The summed E-state index contributed by atoms with van der Waals surface area (Å²) in [6.07, 6.45) is 3.09. The normalized spacial score (nSPS) is 26.4. The molecule has 1 aliphatic carbocycles. The quantitative estimate of drug-likeness (QED) is 0.426. The molecule has 2 aromatic carbocycles. The molecule has 1 saturated heterocycles. The van der Waals surface area contributed by atoms with E-state index in [2.05, 4.69) is 22.9 Å². The third kappa shape index (κ3) is 4.82. The van der Waals surface area contributed by atoms with Crippen molar-refractivity contribution in [2.24, 2.45) is 5.92 Å². The van der Waals surface area contributed by atoms with Gasteiger partial charge >= 0.3 is 6.03 Å². The summed E-state index contributed by atoms with van der Waals surface area (Å²) in [5.74, 6) is -0.261. The smallest absolute Gasteiger partial charge is 0.315 e. The van der Waals surface area contributed by atoms with Crippen LogP contribution in [-0.2, 0) is 4.79 Å². The lowest BCUT2D eigenvalue weighted by Crippen LogP contribution is -2.62. The molecule has 2 aliphatic rings. The molecule has 8 heteroatoms. The first-order chi connectivity index (χ1) is 15.9. The predicted molar refractivity (Wildman–Crippen MR) is 133 cm³/mol. The van der Waals surface area contributed by atoms with Crippen molar-refractivity contribution in [2.75, 3.05) is 13.1 Å². The third-order valence-corrected chi connectivity index (χ3v) is 7.82. The number of halogens is 3. The average molecular weight is 509 g/mol. The van der Waals surface area contributed by atoms with Gasteiger partial charge in [0.05, 0.1) is 0 Å². The fraction of sp³-hybridized carbons (Fsp3) is 0.440. The second kappa shape index (κ2) is 10.1. The fourth-order valence-corrected chi connectivity index (χ4v) is 6.09. The van der Waals surface area contributed by atoms with Crippen molar-refractivity contribution in [3.63, 3.8) is 0 Å². The molecule has 0 aromatic heterocycles. The van der Waals surface area contributed by atoms with Gasteiger partial charge in [0.2, 0.25) is 5.91 Å². The topological polar surface area (TPSA) is 70.2 Å². The minimum atomic E-state index is -0.976. The molecule has 1 aliphatic heterocycles. The maximum absolute atomic E-state index is 13.2. The number of fused-ring (bicyclic) bond motifs is 1. The number of hydrogen-bond donors (Lipinski definition) is 3. The molecular formula is C25H28Cl3N3O2. The van der Waals surface area contributed by atoms with Crippen molar-refractivity contribution in [2.45, 2.75) is 50.0 Å². The summed E-state index contributed by atoms with van der Waals surface area (Å²) in [4.78, 5) is 25.9. The minimum absolute atomic E-state index is 0.0513. The van der Waals surface area contributed by atoms with Crippen LogP contribution in [0.25, 0.3) is 0 Å². The second-order valence-corrected chi connectivity index (χ2v) is 10.2. The Morgan fingerprint density at radius 3 is 2.55 bits per heavy atom. The van der Waals surface area contributed by atoms with E-state index in [1.54, 1.807) is 6.07 Å². The Kier molecular flexibility index (Phi) is 7.42. The summed E-state index contributed by atoms with van der Waals surface area (Å²) >= 11 is 19.0. The molecule has 4 rings (SSSR count). The first-order valence-electron chi connectivity index (χ1n) is 11.4. The molecule has 0 radical (unpaired) electrons. The van der Waals surface area contributed by atoms with E-state index in [1.807, 2.05) is 36.4 Å². The highest BCUT2D eigenvalue weighted by Gasteiger charge is 2.58. The lowest BCUT2D eigenvalue weighted by Gasteiger charge is -2.46. The minimum Gasteiger partial charge on any atom is -0.354 e. The maximum Gasteiger partial charge on any atom is 0.315 e. The molecule has 0 bridgehead atoms. The lowest BCUT2D eigenvalue weighted by molar-refractivity contribution is -0.126. The monoisotopic (exact) mass is 507 g/mol. The van der Waals surface area contributed by atoms with E-state index in [0.717, 1.165) is 24.0 Å². The first-order valence-corrected chi connectivity index (χ1v) is 12.5. The summed E-state index contributed by atoms with van der Waals surface area (Å²) in [5.41, 5.74) is 1.09. The van der Waals surface area contributed by atoms with Gasteiger partial charge in [-0.05, 0) is 66.5 Å². The molecule has 0 unspecified atom stereocenters. The average Bonchev–Trinajstić information content (AvgIpc) is 3.10. The summed E-state index contributed by atoms with van der Waals surface area (Å²) in [7, 11) is 0. The number of benzene rings is 2. The SMILES string of the molecule is CCCCNC(=O)N[C@@]12CC[C@@H](c3ccc(Cl)cc3Cl)[C@H](c3ccc(Cl)cc3)[C@@H]1CNC2=O. The van der Waals surface area contributed by atoms with E-state index in [9.17, 15) is 9.59 Å². The second-order valence-electron chi connectivity index (χ2n) is 8.91. The molecule has 33 heavy (non-hydrogen) atoms. The van der Waals surface area contributed by atoms with Gasteiger partial charge in [0.25, 0.3) is 0 Å². The van der Waals surface area contributed by atoms with Crippen molar-refractivity contribution in [1.29, 1.82) is 0 Å². The van der Waals surface area contributed by atoms with Gasteiger partial charge in [-0.15, -0.1) is 0 Å². The van der Waals surface area contributed by atoms with Crippen molar-refractivity contribution < 1.29 is 9.59 Å². The highest BCUT2D eigenvalue weighted by molar-refractivity contribution is 6.35. The number of amides is 3. The van der Waals surface area contributed by atoms with E-state index in [4.69, 9.17) is 34.8 Å². The van der Waals surface area contributed by atoms with Crippen LogP contribution in [-0.4, -0.2) is 30.6 Å². The van der Waals surface area contributed by atoms with Gasteiger partial charge in [0.15, 0.2) is 0 Å². The number of hydrogen-bond acceptors (Lipinski definition) is 2. The molecule has 2 fully saturated rings. The Hall–Kier alpha value is -1.95. The Balaban J connectivity index is 1.72. The van der Waals surface area contributed by atoms with E-state index in [0.29, 0.717) is 41.0 Å². The molecule has 176 valence electrons. The molecule has 2 aromatic rings. The zero-order valence-corrected chi connectivity index (χ0v) is 20.7. The molecule has 4 atom stereocenters. The van der Waals surface area contributed by atoms with Crippen molar-refractivity contribution in [3.8, 4) is 0 Å². The van der Waals surface area contributed by atoms with E-state index < -0.39 is 5.54 Å². The van der Waals surface area contributed by atoms with E-state index >= 15 is 0 Å². The van der Waals surface area contributed by atoms with Crippen LogP contribution in [0.15, 0.2) is 42.5 Å². The third-order valence-electron chi connectivity index (χ3n) is 7.01. The summed E-state index contributed by atoms with van der Waals surface area (Å²) < 4.78 is 0. The molecule has 1 heterocycles. The highest BCUT2D eigenvalue weighted by atomic mass is 35.5. The zero-order chi connectivity index (χ0) is 23.6. The fourth-order valence-electron chi connectivity index (χ4n) is 5.42. The first kappa shape index (κ1) is 24.2. The summed E-state index contributed by atoms with van der Waals surface area (Å²) in [5, 5.41) is 10.8. The Morgan fingerprint density at radius 2 is 1.85 bits per heavy atom. The van der Waals surface area contributed by atoms with Crippen LogP contribution < -0.4 is 16.0 Å². The van der Waals surface area contributed by atoms with Gasteiger partial charge in [-0.1, -0.05) is 66.3 Å². The van der Waals surface area contributed by atoms with Crippen LogP contribution in [0, 0.1) is 5.92 Å². The molecule has 3 amide bonds. The molecule has 3 N–H and O–H groups in total. The predicted octanol–water partition coefficient (Wildman–Crippen LogP) is 5.89. The summed E-state index contributed by atoms with van der Waals surface area (Å²) in [6, 6.07) is 13.0. The van der Waals surface area contributed by atoms with Crippen molar-refractivity contribution in [3.05, 3.63) is 68.7 Å². The number of unbranched alkanes of at least 4 members (excludes halogenated alkanes) is 1. The molecular weight excluding hydrogens is 481 g/mol. The maximum atomic E-state index is 13.2. The van der Waals surface area contributed by atoms with Crippen LogP contribution in [0.5, 0.6) is 0 Å². The van der Waals surface area contributed by atoms with Gasteiger partial charge in [-0.2, -0.15) is 0 Å². The Bertz CT molecular complexity index is 1030. The number of carbonyl (C=O) groups is 2. The van der Waals surface area contributed by atoms with Crippen LogP contribution >= 0.6 is 34.8 Å². The van der Waals surface area contributed by atoms with Gasteiger partial charge in [-0.3, -0.25) is 4.79 Å². The lowest BCUT2D eigenvalue weighted by atomic mass is 9.60. The number of urea groups is 1. The van der Waals surface area contributed by atoms with Crippen molar-refractivity contribution in [1.82, 2.24) is 16.0 Å². The molecule has 0 spiro atoms. The highest BCUT2D eigenvalue weighted by Crippen LogP contribution is 2.54. The zero-order valence-electron chi connectivity index (χ0n) is 18.5. The van der Waals surface area contributed by atoms with E-state index in [-0.39, 0.29) is 29.7 Å². The van der Waals surface area contributed by atoms with Gasteiger partial charge < -0.3 is 16.0 Å². The van der Waals surface area contributed by atoms with Gasteiger partial charge in [0, 0.05) is 34.1 Å². The summed E-state index contributed by atoms with van der Waals surface area (Å²) in [6.45, 7) is 3.12. The van der Waals surface area contributed by atoms with Gasteiger partial charge in [-0.25, -0.2) is 4.79 Å². The van der Waals surface area contributed by atoms with Crippen LogP contribution in [0.1, 0.15) is 55.6 Å². The Morgan fingerprint density at radius 1 is 1.12 bits per heavy atom. The number of carbonyl (C=O) groups excluding carboxylic acids is 2. The largest absolute Gasteiger partial charge is 0.354 e. The number of rotatable bonds is 6.